The Hall–Kier alpha value is -0.676. The van der Waals surface area contributed by atoms with Gasteiger partial charge in [-0.2, -0.15) is 0 Å². The summed E-state index contributed by atoms with van der Waals surface area (Å²) in [5.74, 6) is 0. The Labute approximate surface area is 71.9 Å². The van der Waals surface area contributed by atoms with Gasteiger partial charge in [-0.15, -0.1) is 5.56 Å². The molecule has 1 aromatic rings. The van der Waals surface area contributed by atoms with Crippen LogP contribution in [-0.2, 0) is 16.5 Å². The van der Waals surface area contributed by atoms with Gasteiger partial charge in [0.2, 0.25) is 0 Å². The molecular weight excluding hydrogens is 167 g/mol. The maximum Gasteiger partial charge on any atom is 0 e. The quantitative estimate of drug-likeness (QED) is 0.455. The van der Waals surface area contributed by atoms with Crippen LogP contribution in [-0.4, -0.2) is 0 Å². The van der Waals surface area contributed by atoms with E-state index in [-0.39, 0.29) is 16.5 Å². The van der Waals surface area contributed by atoms with Crippen molar-refractivity contribution < 1.29 is 16.5 Å². The van der Waals surface area contributed by atoms with Crippen LogP contribution in [0, 0.1) is 6.92 Å². The average Bonchev–Trinajstić information content (AvgIpc) is 1.91. The minimum absolute atomic E-state index is 0. The van der Waals surface area contributed by atoms with E-state index in [0.717, 1.165) is 0 Å². The van der Waals surface area contributed by atoms with Crippen LogP contribution < -0.4 is 0 Å². The summed E-state index contributed by atoms with van der Waals surface area (Å²) in [6.07, 6.45) is 3.76. The molecule has 0 amide bonds. The predicted octanol–water partition coefficient (Wildman–Crippen LogP) is 2.53. The van der Waals surface area contributed by atoms with E-state index in [2.05, 4.69) is 6.92 Å². The van der Waals surface area contributed by atoms with Crippen LogP contribution in [0.4, 0.5) is 0 Å². The largest absolute Gasteiger partial charge is 0.245 e. The van der Waals surface area contributed by atoms with Gasteiger partial charge in [0.25, 0.3) is 0 Å². The molecule has 0 aliphatic carbocycles. The zero-order chi connectivity index (χ0) is 6.53. The van der Waals surface area contributed by atoms with E-state index in [1.165, 1.54) is 5.56 Å². The first kappa shape index (κ1) is 9.32. The topological polar surface area (TPSA) is 0 Å². The molecule has 0 fully saturated rings. The predicted molar refractivity (Wildman–Crippen MR) is 40.8 cm³/mol. The molecule has 0 radical (unpaired) electrons. The zero-order valence-electron chi connectivity index (χ0n) is 5.56. The van der Waals surface area contributed by atoms with Crippen molar-refractivity contribution >= 4 is 6.08 Å². The molecule has 0 nitrogen and oxygen atoms in total. The molecule has 56 valence electrons. The second-order valence-electron chi connectivity index (χ2n) is 1.81. The number of benzene rings is 1. The summed E-state index contributed by atoms with van der Waals surface area (Å²) in [5.41, 5.74) is 1.20. The van der Waals surface area contributed by atoms with E-state index >= 15 is 0 Å². The number of hydrogen-bond donors (Lipinski definition) is 0. The van der Waals surface area contributed by atoms with E-state index in [1.807, 2.05) is 36.4 Å². The van der Waals surface area contributed by atoms with E-state index < -0.39 is 0 Å². The van der Waals surface area contributed by atoms with Gasteiger partial charge in [0.1, 0.15) is 0 Å². The summed E-state index contributed by atoms with van der Waals surface area (Å²) in [5, 5.41) is 0. The molecule has 0 saturated carbocycles. The van der Waals surface area contributed by atoms with Crippen molar-refractivity contribution in [3.05, 3.63) is 48.9 Å². The van der Waals surface area contributed by atoms with Gasteiger partial charge in [0, 0.05) is 16.5 Å². The molecule has 0 N–H and O–H groups in total. The molecule has 10 heavy (non-hydrogen) atoms. The minimum atomic E-state index is 0. The maximum absolute atomic E-state index is 3.60. The van der Waals surface area contributed by atoms with Crippen LogP contribution in [0.5, 0.6) is 0 Å². The molecule has 0 aliphatic heterocycles. The Morgan fingerprint density at radius 1 is 1.10 bits per heavy atom. The van der Waals surface area contributed by atoms with Crippen LogP contribution in [0.15, 0.2) is 36.4 Å². The van der Waals surface area contributed by atoms with Crippen molar-refractivity contribution in [3.63, 3.8) is 0 Å². The summed E-state index contributed by atoms with van der Waals surface area (Å²) >= 11 is 0. The van der Waals surface area contributed by atoms with Gasteiger partial charge in [-0.05, 0) is 0 Å². The van der Waals surface area contributed by atoms with Crippen molar-refractivity contribution in [3.8, 4) is 0 Å². The SMILES string of the molecule is [CH2-]C=Cc1ccccc1.[Ni]. The van der Waals surface area contributed by atoms with Crippen LogP contribution in [0.1, 0.15) is 5.56 Å². The fourth-order valence-electron chi connectivity index (χ4n) is 0.700. The van der Waals surface area contributed by atoms with Gasteiger partial charge >= 0.3 is 0 Å². The number of allylic oxidation sites excluding steroid dienone is 1. The van der Waals surface area contributed by atoms with Gasteiger partial charge in [-0.1, -0.05) is 30.3 Å². The smallest absolute Gasteiger partial charge is 0 e. The molecule has 1 rings (SSSR count). The molecule has 1 aromatic carbocycles. The van der Waals surface area contributed by atoms with Crippen molar-refractivity contribution in [2.75, 3.05) is 0 Å². The number of rotatable bonds is 1. The minimum Gasteiger partial charge on any atom is -0.245 e. The summed E-state index contributed by atoms with van der Waals surface area (Å²) < 4.78 is 0. The molecule has 0 heterocycles. The average molecular weight is 176 g/mol. The molecule has 1 heteroatoms. The Morgan fingerprint density at radius 2 is 1.70 bits per heavy atom. The van der Waals surface area contributed by atoms with Crippen molar-refractivity contribution in [2.45, 2.75) is 0 Å². The Morgan fingerprint density at radius 3 is 2.20 bits per heavy atom. The molecule has 0 aromatic heterocycles. The summed E-state index contributed by atoms with van der Waals surface area (Å²) in [6, 6.07) is 10.1. The summed E-state index contributed by atoms with van der Waals surface area (Å²) in [7, 11) is 0. The van der Waals surface area contributed by atoms with Crippen molar-refractivity contribution in [2.24, 2.45) is 0 Å². The third-order valence-electron chi connectivity index (χ3n) is 1.11. The van der Waals surface area contributed by atoms with Gasteiger partial charge in [0.15, 0.2) is 0 Å². The Bertz CT molecular complexity index is 189. The standard InChI is InChI=1S/C9H9.Ni/c1-2-6-9-7-4-3-5-8-9;/h2-8H,1H2;/q-1;. The second-order valence-corrected chi connectivity index (χ2v) is 1.81. The molecule has 0 saturated heterocycles. The summed E-state index contributed by atoms with van der Waals surface area (Å²) in [6.45, 7) is 3.60. The van der Waals surface area contributed by atoms with E-state index in [9.17, 15) is 0 Å². The van der Waals surface area contributed by atoms with Gasteiger partial charge in [0.05, 0.1) is 0 Å². The molecule has 0 spiro atoms. The number of hydrogen-bond acceptors (Lipinski definition) is 0. The third-order valence-corrected chi connectivity index (χ3v) is 1.11. The first-order valence-corrected chi connectivity index (χ1v) is 2.94. The molecular formula is C9H9Ni-. The Balaban J connectivity index is 0.000000810. The fourth-order valence-corrected chi connectivity index (χ4v) is 0.700. The molecule has 0 atom stereocenters. The van der Waals surface area contributed by atoms with Crippen molar-refractivity contribution in [1.82, 2.24) is 0 Å². The van der Waals surface area contributed by atoms with Gasteiger partial charge in [-0.3, -0.25) is 0 Å². The van der Waals surface area contributed by atoms with Gasteiger partial charge < -0.3 is 0 Å². The van der Waals surface area contributed by atoms with E-state index in [4.69, 9.17) is 0 Å². The third kappa shape index (κ3) is 2.75. The molecule has 0 unspecified atom stereocenters. The fraction of sp³-hybridized carbons (Fsp3) is 0. The van der Waals surface area contributed by atoms with E-state index in [1.54, 1.807) is 6.08 Å². The summed E-state index contributed by atoms with van der Waals surface area (Å²) in [4.78, 5) is 0. The monoisotopic (exact) mass is 175 g/mol. The van der Waals surface area contributed by atoms with Crippen LogP contribution in [0.25, 0.3) is 6.08 Å². The Kier molecular flexibility index (Phi) is 4.79. The second kappa shape index (κ2) is 5.14. The normalized spacial score (nSPS) is 9.20. The first-order chi connectivity index (χ1) is 4.43. The first-order valence-electron chi connectivity index (χ1n) is 2.94. The van der Waals surface area contributed by atoms with Crippen molar-refractivity contribution in [1.29, 1.82) is 0 Å². The van der Waals surface area contributed by atoms with Crippen LogP contribution in [0.2, 0.25) is 0 Å². The van der Waals surface area contributed by atoms with Gasteiger partial charge in [-0.25, -0.2) is 19.1 Å². The molecule has 0 aliphatic rings. The van der Waals surface area contributed by atoms with E-state index in [0.29, 0.717) is 0 Å². The molecule has 0 bridgehead atoms. The van der Waals surface area contributed by atoms with Crippen LogP contribution >= 0.6 is 0 Å². The van der Waals surface area contributed by atoms with Crippen LogP contribution in [0.3, 0.4) is 0 Å². The zero-order valence-corrected chi connectivity index (χ0v) is 6.55. The maximum atomic E-state index is 3.60.